The summed E-state index contributed by atoms with van der Waals surface area (Å²) < 4.78 is 0. The van der Waals surface area contributed by atoms with Crippen LogP contribution in [-0.2, 0) is 4.79 Å². The predicted molar refractivity (Wildman–Crippen MR) is 73.1 cm³/mol. The van der Waals surface area contributed by atoms with Crippen LogP contribution >= 0.6 is 0 Å². The third-order valence-corrected chi connectivity index (χ3v) is 3.95. The third kappa shape index (κ3) is 1.74. The lowest BCUT2D eigenvalue weighted by atomic mass is 10.1. The molecule has 0 saturated carbocycles. The van der Waals surface area contributed by atoms with Crippen molar-refractivity contribution in [1.29, 1.82) is 0 Å². The molecule has 0 unspecified atom stereocenters. The summed E-state index contributed by atoms with van der Waals surface area (Å²) >= 11 is 0. The first kappa shape index (κ1) is 12.2. The number of carbonyl (C=O) groups is 2. The van der Waals surface area contributed by atoms with E-state index in [2.05, 4.69) is 0 Å². The number of hydrogen-bond acceptors (Lipinski definition) is 2. The van der Waals surface area contributed by atoms with Crippen molar-refractivity contribution in [2.24, 2.45) is 0 Å². The average molecular weight is 258 g/mol. The van der Waals surface area contributed by atoms with Gasteiger partial charge in [0.15, 0.2) is 0 Å². The molecule has 0 radical (unpaired) electrons. The maximum absolute atomic E-state index is 12.7. The van der Waals surface area contributed by atoms with Gasteiger partial charge in [-0.15, -0.1) is 0 Å². The number of anilines is 1. The van der Waals surface area contributed by atoms with Crippen LogP contribution < -0.4 is 4.90 Å². The summed E-state index contributed by atoms with van der Waals surface area (Å²) in [5.74, 6) is 0.0559. The van der Waals surface area contributed by atoms with E-state index in [9.17, 15) is 9.59 Å². The summed E-state index contributed by atoms with van der Waals surface area (Å²) in [6, 6.07) is 7.21. The van der Waals surface area contributed by atoms with Crippen LogP contribution in [0, 0.1) is 0 Å². The Bertz CT molecular complexity index is 539. The van der Waals surface area contributed by atoms with Crippen LogP contribution in [0.25, 0.3) is 0 Å². The van der Waals surface area contributed by atoms with E-state index in [1.807, 2.05) is 38.1 Å². The minimum absolute atomic E-state index is 0.00500. The number of benzene rings is 1. The van der Waals surface area contributed by atoms with Gasteiger partial charge in [0.2, 0.25) is 5.91 Å². The number of carbonyl (C=O) groups excluding carboxylic acids is 2. The first-order valence-corrected chi connectivity index (χ1v) is 6.84. The Morgan fingerprint density at radius 2 is 1.95 bits per heavy atom. The van der Waals surface area contributed by atoms with Gasteiger partial charge in [0.05, 0.1) is 11.3 Å². The van der Waals surface area contributed by atoms with E-state index >= 15 is 0 Å². The molecule has 3 rings (SSSR count). The van der Waals surface area contributed by atoms with E-state index in [-0.39, 0.29) is 23.9 Å². The molecule has 2 amide bonds. The molecular formula is C15H18N2O2. The molecule has 0 aromatic heterocycles. The quantitative estimate of drug-likeness (QED) is 0.773. The van der Waals surface area contributed by atoms with Crippen LogP contribution in [0.5, 0.6) is 0 Å². The Balaban J connectivity index is 2.18. The topological polar surface area (TPSA) is 40.6 Å². The smallest absolute Gasteiger partial charge is 0.256 e. The first-order chi connectivity index (χ1) is 9.11. The SMILES string of the molecule is CC(C)N1C(=O)[C@@H]2CCCN2C(=O)c2ccccc21. The van der Waals surface area contributed by atoms with E-state index in [1.165, 1.54) is 0 Å². The standard InChI is InChI=1S/C15H18N2O2/c1-10(2)17-12-7-4-3-6-11(12)14(18)16-9-5-8-13(16)15(17)19/h3-4,6-7,10,13H,5,8-9H2,1-2H3/t13-/m0/s1. The summed E-state index contributed by atoms with van der Waals surface area (Å²) in [6.45, 7) is 4.67. The van der Waals surface area contributed by atoms with Crippen molar-refractivity contribution in [2.75, 3.05) is 11.4 Å². The lowest BCUT2D eigenvalue weighted by Crippen LogP contribution is -2.47. The van der Waals surface area contributed by atoms with E-state index in [0.29, 0.717) is 12.1 Å². The number of amides is 2. The largest absolute Gasteiger partial charge is 0.327 e. The molecule has 4 heteroatoms. The highest BCUT2D eigenvalue weighted by Crippen LogP contribution is 2.33. The van der Waals surface area contributed by atoms with Crippen LogP contribution in [-0.4, -0.2) is 35.3 Å². The number of hydrogen-bond donors (Lipinski definition) is 0. The van der Waals surface area contributed by atoms with Crippen LogP contribution in [0.2, 0.25) is 0 Å². The molecule has 4 nitrogen and oxygen atoms in total. The van der Waals surface area contributed by atoms with E-state index in [0.717, 1.165) is 18.5 Å². The van der Waals surface area contributed by atoms with Crippen molar-refractivity contribution in [3.63, 3.8) is 0 Å². The Kier molecular flexibility index (Phi) is 2.81. The van der Waals surface area contributed by atoms with Gasteiger partial charge >= 0.3 is 0 Å². The minimum atomic E-state index is -0.276. The molecule has 2 aliphatic rings. The second kappa shape index (κ2) is 4.37. The monoisotopic (exact) mass is 258 g/mol. The molecule has 1 fully saturated rings. The zero-order chi connectivity index (χ0) is 13.6. The fourth-order valence-electron chi connectivity index (χ4n) is 3.10. The van der Waals surface area contributed by atoms with Gasteiger partial charge in [-0.1, -0.05) is 12.1 Å². The van der Waals surface area contributed by atoms with Crippen LogP contribution in [0.15, 0.2) is 24.3 Å². The molecule has 2 heterocycles. The van der Waals surface area contributed by atoms with Crippen molar-refractivity contribution in [3.8, 4) is 0 Å². The molecule has 0 bridgehead atoms. The normalized spacial score (nSPS) is 22.6. The molecule has 1 aromatic carbocycles. The highest BCUT2D eigenvalue weighted by molar-refractivity contribution is 6.11. The highest BCUT2D eigenvalue weighted by atomic mass is 16.2. The van der Waals surface area contributed by atoms with Gasteiger partial charge in [0, 0.05) is 12.6 Å². The van der Waals surface area contributed by atoms with Crippen molar-refractivity contribution >= 4 is 17.5 Å². The van der Waals surface area contributed by atoms with Gasteiger partial charge in [0.1, 0.15) is 6.04 Å². The predicted octanol–water partition coefficient (Wildman–Crippen LogP) is 2.05. The van der Waals surface area contributed by atoms with Gasteiger partial charge in [-0.25, -0.2) is 0 Å². The highest BCUT2D eigenvalue weighted by Gasteiger charge is 2.42. The van der Waals surface area contributed by atoms with E-state index < -0.39 is 0 Å². The Morgan fingerprint density at radius 3 is 2.68 bits per heavy atom. The molecule has 19 heavy (non-hydrogen) atoms. The van der Waals surface area contributed by atoms with Crippen molar-refractivity contribution < 1.29 is 9.59 Å². The van der Waals surface area contributed by atoms with Crippen molar-refractivity contribution in [1.82, 2.24) is 4.90 Å². The summed E-state index contributed by atoms with van der Waals surface area (Å²) in [6.07, 6.45) is 1.69. The van der Waals surface area contributed by atoms with Crippen LogP contribution in [0.4, 0.5) is 5.69 Å². The Labute approximate surface area is 113 Å². The second-order valence-electron chi connectivity index (χ2n) is 5.48. The van der Waals surface area contributed by atoms with Crippen molar-refractivity contribution in [3.05, 3.63) is 29.8 Å². The summed E-state index contributed by atoms with van der Waals surface area (Å²) in [7, 11) is 0. The lowest BCUT2D eigenvalue weighted by Gasteiger charge is -2.29. The Morgan fingerprint density at radius 1 is 1.21 bits per heavy atom. The fraction of sp³-hybridized carbons (Fsp3) is 0.467. The molecule has 1 aromatic rings. The molecule has 0 aliphatic carbocycles. The summed E-state index contributed by atoms with van der Waals surface area (Å²) in [5.41, 5.74) is 1.40. The van der Waals surface area contributed by atoms with Gasteiger partial charge in [-0.05, 0) is 38.8 Å². The minimum Gasteiger partial charge on any atom is -0.327 e. The first-order valence-electron chi connectivity index (χ1n) is 6.84. The van der Waals surface area contributed by atoms with Gasteiger partial charge in [0.25, 0.3) is 5.91 Å². The maximum Gasteiger partial charge on any atom is 0.256 e. The lowest BCUT2D eigenvalue weighted by molar-refractivity contribution is -0.122. The number of nitrogens with zero attached hydrogens (tertiary/aromatic N) is 2. The third-order valence-electron chi connectivity index (χ3n) is 3.95. The molecule has 2 aliphatic heterocycles. The maximum atomic E-state index is 12.7. The average Bonchev–Trinajstić information content (AvgIpc) is 2.84. The molecule has 0 N–H and O–H groups in total. The van der Waals surface area contributed by atoms with Gasteiger partial charge < -0.3 is 9.80 Å². The fourth-order valence-corrected chi connectivity index (χ4v) is 3.10. The van der Waals surface area contributed by atoms with Crippen LogP contribution in [0.1, 0.15) is 37.0 Å². The molecule has 1 atom stereocenters. The molecule has 0 spiro atoms. The van der Waals surface area contributed by atoms with E-state index in [1.54, 1.807) is 9.80 Å². The number of rotatable bonds is 1. The number of para-hydroxylation sites is 1. The van der Waals surface area contributed by atoms with Crippen LogP contribution in [0.3, 0.4) is 0 Å². The summed E-state index contributed by atoms with van der Waals surface area (Å²) in [4.78, 5) is 28.8. The zero-order valence-electron chi connectivity index (χ0n) is 11.3. The zero-order valence-corrected chi connectivity index (χ0v) is 11.3. The van der Waals surface area contributed by atoms with Gasteiger partial charge in [-0.2, -0.15) is 0 Å². The molecule has 1 saturated heterocycles. The molecule has 100 valence electrons. The van der Waals surface area contributed by atoms with Crippen molar-refractivity contribution in [2.45, 2.75) is 38.8 Å². The number of fused-ring (bicyclic) bond motifs is 2. The molecular weight excluding hydrogens is 240 g/mol. The Hall–Kier alpha value is -1.84. The second-order valence-corrected chi connectivity index (χ2v) is 5.48. The van der Waals surface area contributed by atoms with Gasteiger partial charge in [-0.3, -0.25) is 9.59 Å². The van der Waals surface area contributed by atoms with E-state index in [4.69, 9.17) is 0 Å². The summed E-state index contributed by atoms with van der Waals surface area (Å²) in [5, 5.41) is 0.